The third kappa shape index (κ3) is 3.89. The first-order chi connectivity index (χ1) is 12.3. The molecular weight excluding hydrogens is 332 g/mol. The van der Waals surface area contributed by atoms with Crippen LogP contribution in [0.5, 0.6) is 0 Å². The van der Waals surface area contributed by atoms with Crippen LogP contribution < -0.4 is 0 Å². The largest absolute Gasteiger partial charge is 0.481 e. The highest BCUT2D eigenvalue weighted by Crippen LogP contribution is 2.25. The van der Waals surface area contributed by atoms with Gasteiger partial charge in [-0.1, -0.05) is 17.2 Å². The summed E-state index contributed by atoms with van der Waals surface area (Å²) in [5, 5.41) is 9.12. The summed E-state index contributed by atoms with van der Waals surface area (Å²) in [6, 6.07) is 5.81. The first kappa shape index (κ1) is 18.4. The van der Waals surface area contributed by atoms with Crippen molar-refractivity contribution in [1.82, 2.24) is 9.80 Å². The Bertz CT molecular complexity index is 710. The summed E-state index contributed by atoms with van der Waals surface area (Å²) in [5.74, 6) is -1.57. The van der Waals surface area contributed by atoms with Crippen molar-refractivity contribution in [1.29, 1.82) is 0 Å². The number of hydrogen-bond donors (Lipinski definition) is 1. The van der Waals surface area contributed by atoms with Gasteiger partial charge in [0, 0.05) is 31.7 Å². The minimum absolute atomic E-state index is 0.00771. The lowest BCUT2D eigenvalue weighted by molar-refractivity contribution is -0.141. The van der Waals surface area contributed by atoms with E-state index in [0.717, 1.165) is 24.0 Å². The Kier molecular flexibility index (Phi) is 5.30. The number of carbonyl (C=O) groups excluding carboxylic acids is 2. The van der Waals surface area contributed by atoms with E-state index in [0.29, 0.717) is 31.6 Å². The van der Waals surface area contributed by atoms with E-state index in [1.165, 1.54) is 0 Å². The molecule has 1 N–H and O–H groups in total. The smallest absolute Gasteiger partial charge is 0.308 e. The number of hydrogen-bond acceptors (Lipinski definition) is 3. The van der Waals surface area contributed by atoms with Crippen LogP contribution in [-0.2, 0) is 9.59 Å². The fourth-order valence-electron chi connectivity index (χ4n) is 4.06. The van der Waals surface area contributed by atoms with Crippen LogP contribution >= 0.6 is 0 Å². The van der Waals surface area contributed by atoms with E-state index >= 15 is 0 Å². The molecule has 0 aliphatic carbocycles. The molecule has 0 spiro atoms. The number of piperidine rings is 1. The molecule has 2 saturated heterocycles. The summed E-state index contributed by atoms with van der Waals surface area (Å²) in [6.45, 7) is 5.80. The lowest BCUT2D eigenvalue weighted by atomic mass is 9.95. The van der Waals surface area contributed by atoms with E-state index < -0.39 is 11.9 Å². The van der Waals surface area contributed by atoms with E-state index in [1.54, 1.807) is 9.80 Å². The van der Waals surface area contributed by atoms with Crippen LogP contribution in [0.3, 0.4) is 0 Å². The molecule has 2 fully saturated rings. The molecule has 0 saturated carbocycles. The Balaban J connectivity index is 1.66. The summed E-state index contributed by atoms with van der Waals surface area (Å²) in [7, 11) is 0. The number of carboxylic acid groups (broad SMARTS) is 1. The van der Waals surface area contributed by atoms with Crippen LogP contribution in [0.15, 0.2) is 18.2 Å². The van der Waals surface area contributed by atoms with Crippen molar-refractivity contribution in [3.63, 3.8) is 0 Å². The van der Waals surface area contributed by atoms with Crippen LogP contribution in [0.25, 0.3) is 0 Å². The average molecular weight is 358 g/mol. The zero-order chi connectivity index (χ0) is 18.8. The first-order valence-electron chi connectivity index (χ1n) is 9.24. The highest BCUT2D eigenvalue weighted by atomic mass is 16.4. The number of nitrogens with zero attached hydrogens (tertiary/aromatic N) is 2. The van der Waals surface area contributed by atoms with E-state index in [2.05, 4.69) is 0 Å². The van der Waals surface area contributed by atoms with E-state index in [1.807, 2.05) is 32.0 Å². The van der Waals surface area contributed by atoms with Gasteiger partial charge in [0.25, 0.3) is 5.91 Å². The quantitative estimate of drug-likeness (QED) is 0.897. The SMILES string of the molecule is Cc1cc(C)cc(C(=O)N2CCCC(C(=O)N3CCC(C(=O)O)C3)C2)c1. The number of carbonyl (C=O) groups is 3. The molecule has 2 aliphatic heterocycles. The van der Waals surface area contributed by atoms with Gasteiger partial charge in [-0.15, -0.1) is 0 Å². The van der Waals surface area contributed by atoms with Crippen LogP contribution in [0.4, 0.5) is 0 Å². The van der Waals surface area contributed by atoms with Gasteiger partial charge in [-0.3, -0.25) is 14.4 Å². The minimum Gasteiger partial charge on any atom is -0.481 e. The molecular formula is C20H26N2O4. The number of aryl methyl sites for hydroxylation is 2. The summed E-state index contributed by atoms with van der Waals surface area (Å²) in [6.07, 6.45) is 2.06. The van der Waals surface area contributed by atoms with E-state index in [4.69, 9.17) is 5.11 Å². The average Bonchev–Trinajstić information content (AvgIpc) is 3.10. The summed E-state index contributed by atoms with van der Waals surface area (Å²) >= 11 is 0. The van der Waals surface area contributed by atoms with Gasteiger partial charge in [-0.05, 0) is 45.2 Å². The number of amides is 2. The summed E-state index contributed by atoms with van der Waals surface area (Å²) in [4.78, 5) is 40.2. The maximum atomic E-state index is 12.9. The molecule has 6 heteroatoms. The second kappa shape index (κ2) is 7.48. The predicted molar refractivity (Wildman–Crippen MR) is 96.9 cm³/mol. The van der Waals surface area contributed by atoms with Crippen molar-refractivity contribution < 1.29 is 19.5 Å². The van der Waals surface area contributed by atoms with Gasteiger partial charge < -0.3 is 14.9 Å². The maximum Gasteiger partial charge on any atom is 0.308 e. The van der Waals surface area contributed by atoms with Gasteiger partial charge in [0.1, 0.15) is 0 Å². The van der Waals surface area contributed by atoms with Gasteiger partial charge in [0.15, 0.2) is 0 Å². The third-order valence-electron chi connectivity index (χ3n) is 5.38. The monoisotopic (exact) mass is 358 g/mol. The molecule has 1 aromatic carbocycles. The maximum absolute atomic E-state index is 12.9. The van der Waals surface area contributed by atoms with Gasteiger partial charge in [0.05, 0.1) is 11.8 Å². The number of carboxylic acids is 1. The van der Waals surface area contributed by atoms with Crippen molar-refractivity contribution in [2.45, 2.75) is 33.1 Å². The van der Waals surface area contributed by atoms with Gasteiger partial charge >= 0.3 is 5.97 Å². The molecule has 2 unspecified atom stereocenters. The van der Waals surface area contributed by atoms with Crippen LogP contribution in [0, 0.1) is 25.7 Å². The number of rotatable bonds is 3. The normalized spacial score (nSPS) is 23.2. The van der Waals surface area contributed by atoms with Crippen molar-refractivity contribution in [2.75, 3.05) is 26.2 Å². The number of benzene rings is 1. The Morgan fingerprint density at radius 3 is 2.19 bits per heavy atom. The Labute approximate surface area is 153 Å². The standard InChI is InChI=1S/C20H26N2O4/c1-13-8-14(2)10-17(9-13)19(24)21-6-3-4-15(11-21)18(23)22-7-5-16(12-22)20(25)26/h8-10,15-16H,3-7,11-12H2,1-2H3,(H,25,26). The van der Waals surface area contributed by atoms with Crippen LogP contribution in [-0.4, -0.2) is 58.9 Å². The molecule has 6 nitrogen and oxygen atoms in total. The van der Waals surface area contributed by atoms with Crippen molar-refractivity contribution in [3.05, 3.63) is 34.9 Å². The van der Waals surface area contributed by atoms with Crippen molar-refractivity contribution >= 4 is 17.8 Å². The molecule has 0 bridgehead atoms. The Morgan fingerprint density at radius 2 is 1.58 bits per heavy atom. The number of likely N-dealkylation sites (tertiary alicyclic amines) is 2. The lowest BCUT2D eigenvalue weighted by Crippen LogP contribution is -2.46. The zero-order valence-electron chi connectivity index (χ0n) is 15.4. The lowest BCUT2D eigenvalue weighted by Gasteiger charge is -2.34. The van der Waals surface area contributed by atoms with E-state index in [-0.39, 0.29) is 24.3 Å². The third-order valence-corrected chi connectivity index (χ3v) is 5.38. The van der Waals surface area contributed by atoms with Gasteiger partial charge in [-0.2, -0.15) is 0 Å². The molecule has 2 aliphatic rings. The van der Waals surface area contributed by atoms with Crippen molar-refractivity contribution in [2.24, 2.45) is 11.8 Å². The van der Waals surface area contributed by atoms with Gasteiger partial charge in [0.2, 0.25) is 5.91 Å². The second-order valence-electron chi connectivity index (χ2n) is 7.57. The molecule has 3 rings (SSSR count). The zero-order valence-corrected chi connectivity index (χ0v) is 15.4. The fraction of sp³-hybridized carbons (Fsp3) is 0.550. The van der Waals surface area contributed by atoms with Crippen LogP contribution in [0.2, 0.25) is 0 Å². The molecule has 0 aromatic heterocycles. The highest BCUT2D eigenvalue weighted by molar-refractivity contribution is 5.95. The molecule has 2 heterocycles. The summed E-state index contributed by atoms with van der Waals surface area (Å²) < 4.78 is 0. The molecule has 2 amide bonds. The second-order valence-corrected chi connectivity index (χ2v) is 7.57. The molecule has 2 atom stereocenters. The Hall–Kier alpha value is -2.37. The Morgan fingerprint density at radius 1 is 0.923 bits per heavy atom. The minimum atomic E-state index is -0.837. The van der Waals surface area contributed by atoms with Crippen molar-refractivity contribution in [3.8, 4) is 0 Å². The van der Waals surface area contributed by atoms with E-state index in [9.17, 15) is 14.4 Å². The molecule has 0 radical (unpaired) electrons. The number of aliphatic carboxylic acids is 1. The first-order valence-corrected chi connectivity index (χ1v) is 9.24. The molecule has 1 aromatic rings. The van der Waals surface area contributed by atoms with Crippen LogP contribution in [0.1, 0.15) is 40.7 Å². The fourth-order valence-corrected chi connectivity index (χ4v) is 4.06. The highest BCUT2D eigenvalue weighted by Gasteiger charge is 2.36. The van der Waals surface area contributed by atoms with Gasteiger partial charge in [-0.25, -0.2) is 0 Å². The topological polar surface area (TPSA) is 77.9 Å². The molecule has 140 valence electrons. The molecule has 26 heavy (non-hydrogen) atoms. The predicted octanol–water partition coefficient (Wildman–Crippen LogP) is 2.09. The summed E-state index contributed by atoms with van der Waals surface area (Å²) in [5.41, 5.74) is 2.77.